The maximum absolute atomic E-state index is 12.5. The van der Waals surface area contributed by atoms with Gasteiger partial charge in [0.2, 0.25) is 5.91 Å². The van der Waals surface area contributed by atoms with Crippen molar-refractivity contribution in [2.45, 2.75) is 32.2 Å². The van der Waals surface area contributed by atoms with Crippen LogP contribution in [0.5, 0.6) is 0 Å². The third-order valence-corrected chi connectivity index (χ3v) is 5.92. The Kier molecular flexibility index (Phi) is 4.49. The van der Waals surface area contributed by atoms with Crippen molar-refractivity contribution in [2.24, 2.45) is 5.73 Å². The number of aryl methyl sites for hydroxylation is 1. The number of nitrogens with zero attached hydrogens (tertiary/aromatic N) is 2. The lowest BCUT2D eigenvalue weighted by Gasteiger charge is -2.11. The number of hydrogen-bond donors (Lipinski definition) is 2. The van der Waals surface area contributed by atoms with Gasteiger partial charge in [-0.1, -0.05) is 12.1 Å². The van der Waals surface area contributed by atoms with E-state index >= 15 is 0 Å². The Bertz CT molecular complexity index is 1120. The SMILES string of the molecule is NC(=O)c1c(NC(=O)Cn2cnc3ccccc3c2=O)sc2c1CCCC2. The summed E-state index contributed by atoms with van der Waals surface area (Å²) in [7, 11) is 0. The molecule has 3 aromatic rings. The van der Waals surface area contributed by atoms with Gasteiger partial charge in [0.1, 0.15) is 11.5 Å². The number of carbonyl (C=O) groups is 2. The molecule has 138 valence electrons. The second-order valence-corrected chi connectivity index (χ2v) is 7.63. The standard InChI is InChI=1S/C19H18N4O3S/c20-17(25)16-12-6-2-4-8-14(12)27-18(16)22-15(24)9-23-10-21-13-7-3-1-5-11(13)19(23)26/h1,3,5,7,10H,2,4,6,8-9H2,(H2,20,25)(H,22,24). The van der Waals surface area contributed by atoms with E-state index in [-0.39, 0.29) is 12.1 Å². The van der Waals surface area contributed by atoms with E-state index in [4.69, 9.17) is 5.73 Å². The first-order valence-electron chi connectivity index (χ1n) is 8.73. The van der Waals surface area contributed by atoms with Gasteiger partial charge in [0.15, 0.2) is 0 Å². The smallest absolute Gasteiger partial charge is 0.261 e. The van der Waals surface area contributed by atoms with E-state index < -0.39 is 11.8 Å². The molecule has 0 bridgehead atoms. The minimum absolute atomic E-state index is 0.183. The molecule has 1 aromatic carbocycles. The molecule has 0 spiro atoms. The van der Waals surface area contributed by atoms with Crippen molar-refractivity contribution in [2.75, 3.05) is 5.32 Å². The van der Waals surface area contributed by atoms with Crippen LogP contribution in [0.25, 0.3) is 10.9 Å². The van der Waals surface area contributed by atoms with Crippen LogP contribution in [0.3, 0.4) is 0 Å². The van der Waals surface area contributed by atoms with Crippen LogP contribution in [-0.4, -0.2) is 21.4 Å². The van der Waals surface area contributed by atoms with E-state index in [0.29, 0.717) is 21.5 Å². The van der Waals surface area contributed by atoms with Crippen LogP contribution >= 0.6 is 11.3 Å². The van der Waals surface area contributed by atoms with Crippen LogP contribution in [0.4, 0.5) is 5.00 Å². The van der Waals surface area contributed by atoms with Gasteiger partial charge in [0.25, 0.3) is 11.5 Å². The zero-order valence-corrected chi connectivity index (χ0v) is 15.3. The fraction of sp³-hybridized carbons (Fsp3) is 0.263. The Labute approximate surface area is 158 Å². The van der Waals surface area contributed by atoms with Crippen LogP contribution in [0.1, 0.15) is 33.6 Å². The molecular weight excluding hydrogens is 364 g/mol. The summed E-state index contributed by atoms with van der Waals surface area (Å²) in [6.45, 7) is -0.183. The molecule has 2 aromatic heterocycles. The Morgan fingerprint density at radius 2 is 2.00 bits per heavy atom. The van der Waals surface area contributed by atoms with Gasteiger partial charge in [-0.15, -0.1) is 11.3 Å². The molecular formula is C19H18N4O3S. The highest BCUT2D eigenvalue weighted by molar-refractivity contribution is 7.17. The van der Waals surface area contributed by atoms with Gasteiger partial charge in [-0.25, -0.2) is 4.98 Å². The maximum atomic E-state index is 12.5. The molecule has 0 atom stereocenters. The molecule has 0 radical (unpaired) electrons. The number of amides is 2. The lowest BCUT2D eigenvalue weighted by molar-refractivity contribution is -0.116. The van der Waals surface area contributed by atoms with Crippen molar-refractivity contribution in [3.05, 3.63) is 57.0 Å². The van der Waals surface area contributed by atoms with Gasteiger partial charge < -0.3 is 11.1 Å². The first-order valence-corrected chi connectivity index (χ1v) is 9.54. The molecule has 2 heterocycles. The van der Waals surface area contributed by atoms with Crippen LogP contribution in [0, 0.1) is 0 Å². The summed E-state index contributed by atoms with van der Waals surface area (Å²) in [6, 6.07) is 6.98. The van der Waals surface area contributed by atoms with E-state index in [0.717, 1.165) is 36.1 Å². The number of benzene rings is 1. The highest BCUT2D eigenvalue weighted by Crippen LogP contribution is 2.37. The minimum Gasteiger partial charge on any atom is -0.365 e. The molecule has 1 aliphatic carbocycles. The Morgan fingerprint density at radius 3 is 2.81 bits per heavy atom. The number of fused-ring (bicyclic) bond motifs is 2. The summed E-state index contributed by atoms with van der Waals surface area (Å²) < 4.78 is 1.26. The number of hydrogen-bond acceptors (Lipinski definition) is 5. The largest absolute Gasteiger partial charge is 0.365 e. The van der Waals surface area contributed by atoms with E-state index in [1.807, 2.05) is 0 Å². The van der Waals surface area contributed by atoms with Crippen LogP contribution in [0.2, 0.25) is 0 Å². The molecule has 4 rings (SSSR count). The number of nitrogens with one attached hydrogen (secondary N) is 1. The van der Waals surface area contributed by atoms with Gasteiger partial charge in [-0.3, -0.25) is 19.0 Å². The van der Waals surface area contributed by atoms with E-state index in [9.17, 15) is 14.4 Å². The summed E-state index contributed by atoms with van der Waals surface area (Å²) in [5.41, 5.74) is 7.22. The second kappa shape index (κ2) is 6.96. The van der Waals surface area contributed by atoms with E-state index in [1.165, 1.54) is 22.2 Å². The molecule has 0 unspecified atom stereocenters. The first-order chi connectivity index (χ1) is 13.0. The molecule has 0 saturated carbocycles. The quantitative estimate of drug-likeness (QED) is 0.720. The summed E-state index contributed by atoms with van der Waals surface area (Å²) in [6.07, 6.45) is 5.13. The van der Waals surface area contributed by atoms with E-state index in [2.05, 4.69) is 10.3 Å². The number of nitrogens with two attached hydrogens (primary N) is 1. The van der Waals surface area contributed by atoms with Gasteiger partial charge in [0.05, 0.1) is 22.8 Å². The topological polar surface area (TPSA) is 107 Å². The van der Waals surface area contributed by atoms with Crippen molar-refractivity contribution in [1.82, 2.24) is 9.55 Å². The fourth-order valence-electron chi connectivity index (χ4n) is 3.45. The number of rotatable bonds is 4. The number of primary amides is 1. The number of carbonyl (C=O) groups excluding carboxylic acids is 2. The van der Waals surface area contributed by atoms with Crippen LogP contribution < -0.4 is 16.6 Å². The summed E-state index contributed by atoms with van der Waals surface area (Å²) in [5.74, 6) is -0.926. The highest BCUT2D eigenvalue weighted by atomic mass is 32.1. The van der Waals surface area contributed by atoms with Gasteiger partial charge in [-0.05, 0) is 43.4 Å². The van der Waals surface area contributed by atoms with Crippen molar-refractivity contribution in [3.8, 4) is 0 Å². The summed E-state index contributed by atoms with van der Waals surface area (Å²) in [4.78, 5) is 42.3. The van der Waals surface area contributed by atoms with Crippen molar-refractivity contribution >= 4 is 39.1 Å². The molecule has 1 aliphatic rings. The van der Waals surface area contributed by atoms with Crippen molar-refractivity contribution in [3.63, 3.8) is 0 Å². The predicted molar refractivity (Wildman–Crippen MR) is 104 cm³/mol. The molecule has 0 saturated heterocycles. The maximum Gasteiger partial charge on any atom is 0.261 e. The first kappa shape index (κ1) is 17.4. The molecule has 0 fully saturated rings. The summed E-state index contributed by atoms with van der Waals surface area (Å²) >= 11 is 1.40. The van der Waals surface area contributed by atoms with Gasteiger partial charge >= 0.3 is 0 Å². The average molecular weight is 382 g/mol. The Balaban J connectivity index is 1.60. The molecule has 7 nitrogen and oxygen atoms in total. The average Bonchev–Trinajstić information content (AvgIpc) is 3.02. The monoisotopic (exact) mass is 382 g/mol. The number of aromatic nitrogens is 2. The lowest BCUT2D eigenvalue weighted by Crippen LogP contribution is -2.28. The third kappa shape index (κ3) is 3.23. The predicted octanol–water partition coefficient (Wildman–Crippen LogP) is 2.07. The van der Waals surface area contributed by atoms with Crippen molar-refractivity contribution < 1.29 is 9.59 Å². The molecule has 8 heteroatoms. The highest BCUT2D eigenvalue weighted by Gasteiger charge is 2.25. The van der Waals surface area contributed by atoms with Crippen LogP contribution in [-0.2, 0) is 24.2 Å². The van der Waals surface area contributed by atoms with Gasteiger partial charge in [0, 0.05) is 4.88 Å². The Hall–Kier alpha value is -3.00. The molecule has 2 amide bonds. The molecule has 3 N–H and O–H groups in total. The normalized spacial score (nSPS) is 13.3. The Morgan fingerprint density at radius 1 is 1.22 bits per heavy atom. The number of anilines is 1. The zero-order chi connectivity index (χ0) is 19.0. The zero-order valence-electron chi connectivity index (χ0n) is 14.5. The lowest BCUT2D eigenvalue weighted by atomic mass is 9.95. The van der Waals surface area contributed by atoms with Crippen LogP contribution in [0.15, 0.2) is 35.4 Å². The second-order valence-electron chi connectivity index (χ2n) is 6.52. The summed E-state index contributed by atoms with van der Waals surface area (Å²) in [5, 5.41) is 3.69. The number of thiophene rings is 1. The molecule has 27 heavy (non-hydrogen) atoms. The van der Waals surface area contributed by atoms with Gasteiger partial charge in [-0.2, -0.15) is 0 Å². The van der Waals surface area contributed by atoms with Crippen molar-refractivity contribution in [1.29, 1.82) is 0 Å². The van der Waals surface area contributed by atoms with E-state index in [1.54, 1.807) is 24.3 Å². The fourth-order valence-corrected chi connectivity index (χ4v) is 4.77. The molecule has 0 aliphatic heterocycles. The third-order valence-electron chi connectivity index (χ3n) is 4.72. The number of para-hydroxylation sites is 1. The minimum atomic E-state index is -0.533.